The lowest BCUT2D eigenvalue weighted by Crippen LogP contribution is -2.38. The number of fused-ring (bicyclic) bond motifs is 6. The van der Waals surface area contributed by atoms with Crippen molar-refractivity contribution in [3.8, 4) is 0 Å². The average Bonchev–Trinajstić information content (AvgIpc) is 3.49. The van der Waals surface area contributed by atoms with Crippen molar-refractivity contribution in [1.29, 1.82) is 0 Å². The number of anilines is 1. The molecule has 0 N–H and O–H groups in total. The van der Waals surface area contributed by atoms with E-state index in [1.807, 2.05) is 24.3 Å². The summed E-state index contributed by atoms with van der Waals surface area (Å²) < 4.78 is 30.2. The first kappa shape index (κ1) is 34.4. The quantitative estimate of drug-likeness (QED) is 0.0654. The minimum atomic E-state index is -1.28. The molecule has 0 aliphatic carbocycles. The fourth-order valence-electron chi connectivity index (χ4n) is 6.85. The minimum Gasteiger partial charge on any atom is -0.394 e. The molecular weight excluding hydrogens is 652 g/mol. The number of nitrogens with zero attached hydrogens (tertiary/aromatic N) is 6. The third-order valence-corrected chi connectivity index (χ3v) is 11.4. The van der Waals surface area contributed by atoms with Crippen LogP contribution in [0.1, 0.15) is 18.4 Å². The number of halogens is 1. The number of benzene rings is 3. The average molecular weight is 699 g/mol. The number of oxime groups is 1. The largest absolute Gasteiger partial charge is 0.394 e. The zero-order valence-electron chi connectivity index (χ0n) is 29.4. The van der Waals surface area contributed by atoms with Gasteiger partial charge in [0.05, 0.1) is 41.9 Å². The third kappa shape index (κ3) is 7.63. The first-order chi connectivity index (χ1) is 24.2. The number of pyridine rings is 1. The summed E-state index contributed by atoms with van der Waals surface area (Å²) in [6.45, 7) is 14.5. The van der Waals surface area contributed by atoms with Crippen molar-refractivity contribution in [3.63, 3.8) is 0 Å². The van der Waals surface area contributed by atoms with Crippen LogP contribution in [0.25, 0.3) is 32.6 Å². The van der Waals surface area contributed by atoms with Crippen LogP contribution in [-0.4, -0.2) is 92.0 Å². The van der Waals surface area contributed by atoms with Gasteiger partial charge in [0.15, 0.2) is 0 Å². The second-order valence-electron chi connectivity index (χ2n) is 14.5. The Bertz CT molecular complexity index is 2040. The van der Waals surface area contributed by atoms with E-state index in [1.165, 1.54) is 12.1 Å². The first-order valence-corrected chi connectivity index (χ1v) is 21.4. The van der Waals surface area contributed by atoms with Gasteiger partial charge in [-0.2, -0.15) is 0 Å². The van der Waals surface area contributed by atoms with Crippen LogP contribution in [0.4, 0.5) is 10.3 Å². The van der Waals surface area contributed by atoms with E-state index >= 15 is 0 Å². The molecular formula is C38H47FN6O4Si. The molecule has 2 aliphatic heterocycles. The molecule has 12 heteroatoms. The Labute approximate surface area is 293 Å². The van der Waals surface area contributed by atoms with Gasteiger partial charge in [-0.15, -0.1) is 0 Å². The summed E-state index contributed by atoms with van der Waals surface area (Å²) in [5, 5.41) is 7.05. The summed E-state index contributed by atoms with van der Waals surface area (Å²) in [5.41, 5.74) is 3.59. The Hall–Kier alpha value is -4.10. The molecule has 0 bridgehead atoms. The number of ether oxygens (including phenoxy) is 2. The number of hydrogen-bond acceptors (Lipinski definition) is 8. The van der Waals surface area contributed by atoms with Crippen LogP contribution < -0.4 is 10.5 Å². The molecule has 0 atom stereocenters. The maximum atomic E-state index is 15.0. The Morgan fingerprint density at radius 3 is 2.48 bits per heavy atom. The SMILES string of the molecule is C[Si](C)(C)CCOCn1ccc2c3nc(N4CCC(=NOCCN5CCOCC5)CC4)n(Cc4ccccc4)c3c3ccc(F)cc3c2c1=O. The molecule has 0 unspecified atom stereocenters. The highest BCUT2D eigenvalue weighted by Crippen LogP contribution is 2.37. The lowest BCUT2D eigenvalue weighted by atomic mass is 10.0. The van der Waals surface area contributed by atoms with Gasteiger partial charge >= 0.3 is 0 Å². The van der Waals surface area contributed by atoms with E-state index in [9.17, 15) is 9.18 Å². The number of morpholine rings is 1. The molecule has 5 aromatic rings. The zero-order chi connectivity index (χ0) is 34.7. The van der Waals surface area contributed by atoms with Gasteiger partial charge in [-0.3, -0.25) is 14.3 Å². The Morgan fingerprint density at radius 1 is 0.940 bits per heavy atom. The molecule has 2 saturated heterocycles. The third-order valence-electron chi connectivity index (χ3n) is 9.70. The highest BCUT2D eigenvalue weighted by atomic mass is 28.3. The van der Waals surface area contributed by atoms with Crippen molar-refractivity contribution in [2.24, 2.45) is 5.16 Å². The molecule has 0 amide bonds. The molecule has 7 rings (SSSR count). The zero-order valence-corrected chi connectivity index (χ0v) is 30.4. The Kier molecular flexibility index (Phi) is 10.3. The van der Waals surface area contributed by atoms with Gasteiger partial charge in [-0.05, 0) is 35.9 Å². The van der Waals surface area contributed by atoms with Gasteiger partial charge in [-0.25, -0.2) is 9.37 Å². The highest BCUT2D eigenvalue weighted by molar-refractivity contribution is 6.76. The summed E-state index contributed by atoms with van der Waals surface area (Å²) in [5.74, 6) is 0.442. The van der Waals surface area contributed by atoms with Crippen molar-refractivity contribution < 1.29 is 18.7 Å². The topological polar surface area (TPSA) is 86.3 Å². The van der Waals surface area contributed by atoms with Crippen molar-refractivity contribution in [1.82, 2.24) is 19.0 Å². The van der Waals surface area contributed by atoms with E-state index < -0.39 is 8.07 Å². The molecule has 2 aliphatic rings. The van der Waals surface area contributed by atoms with Crippen LogP contribution in [0.15, 0.2) is 70.7 Å². The van der Waals surface area contributed by atoms with Crippen LogP contribution in [0, 0.1) is 5.82 Å². The van der Waals surface area contributed by atoms with Crippen molar-refractivity contribution in [3.05, 3.63) is 82.5 Å². The van der Waals surface area contributed by atoms with Gasteiger partial charge in [0.25, 0.3) is 5.56 Å². The van der Waals surface area contributed by atoms with E-state index in [-0.39, 0.29) is 18.1 Å². The number of piperidine rings is 1. The van der Waals surface area contributed by atoms with Crippen molar-refractivity contribution >= 4 is 52.3 Å². The van der Waals surface area contributed by atoms with Gasteiger partial charge in [0, 0.05) is 82.6 Å². The lowest BCUT2D eigenvalue weighted by molar-refractivity contribution is 0.0210. The number of hydrogen-bond donors (Lipinski definition) is 0. The smallest absolute Gasteiger partial charge is 0.261 e. The van der Waals surface area contributed by atoms with E-state index in [1.54, 1.807) is 16.8 Å². The van der Waals surface area contributed by atoms with Gasteiger partial charge in [0.2, 0.25) is 5.95 Å². The van der Waals surface area contributed by atoms with E-state index in [0.29, 0.717) is 35.9 Å². The predicted octanol–water partition coefficient (Wildman–Crippen LogP) is 6.31. The minimum absolute atomic E-state index is 0.149. The maximum absolute atomic E-state index is 15.0. The summed E-state index contributed by atoms with van der Waals surface area (Å²) >= 11 is 0. The fraction of sp³-hybridized carbons (Fsp3) is 0.447. The summed E-state index contributed by atoms with van der Waals surface area (Å²) in [4.78, 5) is 29.8. The molecule has 0 spiro atoms. The van der Waals surface area contributed by atoms with E-state index in [2.05, 4.69) is 51.3 Å². The summed E-state index contributed by atoms with van der Waals surface area (Å²) in [7, 11) is -1.28. The maximum Gasteiger partial charge on any atom is 0.261 e. The molecule has 0 radical (unpaired) electrons. The molecule has 2 aromatic heterocycles. The standard InChI is InChI=1S/C38H47FN6O4Si/c1-50(2,3)24-23-48-27-44-16-13-32-34(37(44)46)33-25-29(39)9-10-31(33)36-35(32)40-38(45(36)26-28-7-5-4-6-8-28)43-14-11-30(12-15-43)41-49-22-19-42-17-20-47-21-18-42/h4-10,13,16,25H,11-12,14-15,17-24,26-27H2,1-3H3. The second kappa shape index (κ2) is 15.0. The normalized spacial score (nSPS) is 16.2. The predicted molar refractivity (Wildman–Crippen MR) is 201 cm³/mol. The van der Waals surface area contributed by atoms with Crippen LogP contribution in [0.3, 0.4) is 0 Å². The van der Waals surface area contributed by atoms with Crippen LogP contribution >= 0.6 is 0 Å². The number of aromatic nitrogens is 3. The Balaban J connectivity index is 1.23. The van der Waals surface area contributed by atoms with E-state index in [0.717, 1.165) is 98.5 Å². The molecule has 3 aromatic carbocycles. The van der Waals surface area contributed by atoms with Crippen molar-refractivity contribution in [2.75, 3.05) is 64.1 Å². The number of imidazole rings is 1. The van der Waals surface area contributed by atoms with Crippen LogP contribution in [0.2, 0.25) is 25.7 Å². The lowest BCUT2D eigenvalue weighted by Gasteiger charge is -2.29. The fourth-order valence-corrected chi connectivity index (χ4v) is 7.61. The number of rotatable bonds is 12. The molecule has 4 heterocycles. The van der Waals surface area contributed by atoms with Gasteiger partial charge in [0.1, 0.15) is 19.2 Å². The van der Waals surface area contributed by atoms with Crippen molar-refractivity contribution in [2.45, 2.75) is 51.8 Å². The molecule has 264 valence electrons. The Morgan fingerprint density at radius 2 is 1.72 bits per heavy atom. The summed E-state index contributed by atoms with van der Waals surface area (Å²) in [6, 6.07) is 18.0. The first-order valence-electron chi connectivity index (χ1n) is 17.7. The second-order valence-corrected chi connectivity index (χ2v) is 20.2. The molecule has 0 saturated carbocycles. The molecule has 50 heavy (non-hydrogen) atoms. The highest BCUT2D eigenvalue weighted by Gasteiger charge is 2.26. The van der Waals surface area contributed by atoms with Gasteiger partial charge < -0.3 is 23.8 Å². The molecule has 2 fully saturated rings. The van der Waals surface area contributed by atoms with Gasteiger partial charge in [-0.1, -0.05) is 55.1 Å². The van der Waals surface area contributed by atoms with Crippen LogP contribution in [0.5, 0.6) is 0 Å². The van der Waals surface area contributed by atoms with E-state index in [4.69, 9.17) is 19.3 Å². The summed E-state index contributed by atoms with van der Waals surface area (Å²) in [6.07, 6.45) is 3.31. The molecule has 10 nitrogen and oxygen atoms in total. The van der Waals surface area contributed by atoms with Crippen LogP contribution in [-0.2, 0) is 27.6 Å². The monoisotopic (exact) mass is 698 g/mol.